The van der Waals surface area contributed by atoms with E-state index in [0.717, 1.165) is 18.6 Å². The van der Waals surface area contributed by atoms with E-state index >= 15 is 0 Å². The van der Waals surface area contributed by atoms with Crippen LogP contribution in [0.2, 0.25) is 0 Å². The Labute approximate surface area is 152 Å². The summed E-state index contributed by atoms with van der Waals surface area (Å²) in [6, 6.07) is 4.35. The number of carbonyl (C=O) groups excluding carboxylic acids is 1. The van der Waals surface area contributed by atoms with Crippen LogP contribution in [-0.4, -0.2) is 39.0 Å². The number of aromatic amines is 1. The largest absolute Gasteiger partial charge is 0.356 e. The summed E-state index contributed by atoms with van der Waals surface area (Å²) in [6.07, 6.45) is 2.63. The minimum absolute atomic E-state index is 0.0858. The lowest BCUT2D eigenvalue weighted by Crippen LogP contribution is -2.39. The van der Waals surface area contributed by atoms with Gasteiger partial charge in [-0.25, -0.2) is 13.2 Å². The Bertz CT molecular complexity index is 985. The topological polar surface area (TPSA) is 75.0 Å². The van der Waals surface area contributed by atoms with E-state index in [4.69, 9.17) is 4.52 Å². The number of likely N-dealkylation sites (tertiary alicyclic amines) is 1. The van der Waals surface area contributed by atoms with Crippen molar-refractivity contribution in [1.82, 2.24) is 20.0 Å². The summed E-state index contributed by atoms with van der Waals surface area (Å²) in [6.45, 7) is 0.815. The maximum Gasteiger partial charge on any atom is 0.253 e. The Hall–Kier alpha value is -3.10. The number of amides is 1. The molecule has 6 nitrogen and oxygen atoms in total. The summed E-state index contributed by atoms with van der Waals surface area (Å²) >= 11 is 0. The van der Waals surface area contributed by atoms with Gasteiger partial charge in [0.25, 0.3) is 5.91 Å². The molecule has 3 heterocycles. The molecular weight excluding hydrogens is 361 g/mol. The highest BCUT2D eigenvalue weighted by molar-refractivity contribution is 5.94. The minimum Gasteiger partial charge on any atom is -0.356 e. The third-order valence-electron chi connectivity index (χ3n) is 4.55. The summed E-state index contributed by atoms with van der Waals surface area (Å²) in [7, 11) is 0. The maximum atomic E-state index is 13.4. The van der Waals surface area contributed by atoms with Gasteiger partial charge in [0, 0.05) is 30.9 Å². The van der Waals surface area contributed by atoms with E-state index < -0.39 is 17.5 Å². The van der Waals surface area contributed by atoms with Gasteiger partial charge in [-0.15, -0.1) is 0 Å². The van der Waals surface area contributed by atoms with Crippen LogP contribution in [0, 0.1) is 17.5 Å². The number of nitrogens with one attached hydrogen (secondary N) is 1. The molecule has 0 saturated carbocycles. The summed E-state index contributed by atoms with van der Waals surface area (Å²) in [5.74, 6) is -2.48. The molecule has 0 bridgehead atoms. The van der Waals surface area contributed by atoms with E-state index in [-0.39, 0.29) is 23.2 Å². The number of hydrogen-bond acceptors (Lipinski definition) is 4. The highest BCUT2D eigenvalue weighted by Crippen LogP contribution is 2.28. The quantitative estimate of drug-likeness (QED) is 0.759. The molecule has 4 rings (SSSR count). The first kappa shape index (κ1) is 17.3. The van der Waals surface area contributed by atoms with Gasteiger partial charge in [0.15, 0.2) is 11.6 Å². The first-order valence-corrected chi connectivity index (χ1v) is 8.43. The molecule has 1 saturated heterocycles. The van der Waals surface area contributed by atoms with Crippen LogP contribution < -0.4 is 0 Å². The summed E-state index contributed by atoms with van der Waals surface area (Å²) in [5.41, 5.74) is 0.482. The zero-order chi connectivity index (χ0) is 19.0. The molecule has 0 unspecified atom stereocenters. The summed E-state index contributed by atoms with van der Waals surface area (Å²) < 4.78 is 44.9. The maximum absolute atomic E-state index is 13.4. The second kappa shape index (κ2) is 6.90. The Morgan fingerprint density at radius 1 is 1.22 bits per heavy atom. The van der Waals surface area contributed by atoms with Crippen LogP contribution >= 0.6 is 0 Å². The first-order valence-electron chi connectivity index (χ1n) is 8.43. The average molecular weight is 376 g/mol. The Kier molecular flexibility index (Phi) is 4.43. The number of rotatable bonds is 3. The van der Waals surface area contributed by atoms with Gasteiger partial charge in [-0.1, -0.05) is 5.16 Å². The van der Waals surface area contributed by atoms with E-state index in [1.807, 2.05) is 0 Å². The van der Waals surface area contributed by atoms with Gasteiger partial charge in [-0.3, -0.25) is 4.79 Å². The van der Waals surface area contributed by atoms with Gasteiger partial charge >= 0.3 is 0 Å². The molecule has 0 spiro atoms. The number of nitrogens with zero attached hydrogens (tertiary/aromatic N) is 3. The van der Waals surface area contributed by atoms with E-state index in [1.165, 1.54) is 18.3 Å². The number of halogens is 3. The number of benzene rings is 1. The molecule has 0 aliphatic carbocycles. The van der Waals surface area contributed by atoms with Gasteiger partial charge in [-0.2, -0.15) is 4.98 Å². The predicted octanol–water partition coefficient (Wildman–Crippen LogP) is 3.50. The van der Waals surface area contributed by atoms with Crippen molar-refractivity contribution in [1.29, 1.82) is 0 Å². The van der Waals surface area contributed by atoms with Crippen molar-refractivity contribution in [3.63, 3.8) is 0 Å². The molecule has 3 aromatic rings. The number of H-pyrrole nitrogens is 1. The molecule has 1 atom stereocenters. The van der Waals surface area contributed by atoms with Gasteiger partial charge in [0.05, 0.1) is 11.6 Å². The third kappa shape index (κ3) is 3.44. The minimum atomic E-state index is -1.06. The second-order valence-corrected chi connectivity index (χ2v) is 6.41. The van der Waals surface area contributed by atoms with Crippen molar-refractivity contribution in [3.05, 3.63) is 59.4 Å². The van der Waals surface area contributed by atoms with Crippen molar-refractivity contribution < 1.29 is 22.5 Å². The number of carbonyl (C=O) groups is 1. The monoisotopic (exact) mass is 376 g/mol. The van der Waals surface area contributed by atoms with E-state index in [9.17, 15) is 18.0 Å². The normalized spacial score (nSPS) is 17.3. The predicted molar refractivity (Wildman–Crippen MR) is 88.3 cm³/mol. The Balaban J connectivity index is 1.50. The van der Waals surface area contributed by atoms with Crippen LogP contribution in [0.3, 0.4) is 0 Å². The Morgan fingerprint density at radius 3 is 2.81 bits per heavy atom. The van der Waals surface area contributed by atoms with Crippen LogP contribution in [0.25, 0.3) is 11.5 Å². The lowest BCUT2D eigenvalue weighted by atomic mass is 9.97. The van der Waals surface area contributed by atoms with Gasteiger partial charge in [0.1, 0.15) is 5.82 Å². The van der Waals surface area contributed by atoms with E-state index in [1.54, 1.807) is 4.90 Å². The van der Waals surface area contributed by atoms with Crippen molar-refractivity contribution in [2.45, 2.75) is 18.8 Å². The average Bonchev–Trinajstić information content (AvgIpc) is 3.32. The molecule has 9 heteroatoms. The SMILES string of the molecule is O=C(c1ccc(F)c(F)c1)N1CCC[C@H](c2nc(-c3cc(F)c[nH]3)no2)C1. The number of hydrogen-bond donors (Lipinski definition) is 1. The lowest BCUT2D eigenvalue weighted by Gasteiger charge is -2.31. The zero-order valence-corrected chi connectivity index (χ0v) is 14.1. The van der Waals surface area contributed by atoms with Crippen molar-refractivity contribution >= 4 is 5.91 Å². The fourth-order valence-electron chi connectivity index (χ4n) is 3.18. The molecule has 1 amide bonds. The van der Waals surface area contributed by atoms with E-state index in [2.05, 4.69) is 15.1 Å². The zero-order valence-electron chi connectivity index (χ0n) is 14.1. The molecule has 1 aliphatic heterocycles. The van der Waals surface area contributed by atoms with Crippen molar-refractivity contribution in [2.24, 2.45) is 0 Å². The third-order valence-corrected chi connectivity index (χ3v) is 4.55. The van der Waals surface area contributed by atoms with Crippen LogP contribution in [0.1, 0.15) is 35.0 Å². The lowest BCUT2D eigenvalue weighted by molar-refractivity contribution is 0.0695. The van der Waals surface area contributed by atoms with E-state index in [0.29, 0.717) is 31.1 Å². The van der Waals surface area contributed by atoms with Gasteiger partial charge < -0.3 is 14.4 Å². The number of piperidine rings is 1. The van der Waals surface area contributed by atoms with Gasteiger partial charge in [-0.05, 0) is 31.0 Å². The molecule has 1 aliphatic rings. The fourth-order valence-corrected chi connectivity index (χ4v) is 3.18. The van der Waals surface area contributed by atoms with Crippen LogP contribution in [0.4, 0.5) is 13.2 Å². The molecule has 27 heavy (non-hydrogen) atoms. The highest BCUT2D eigenvalue weighted by Gasteiger charge is 2.29. The standard InChI is InChI=1S/C18H15F3N4O2/c19-12-7-15(22-8-12)16-23-17(27-24-16)11-2-1-5-25(9-11)18(26)10-3-4-13(20)14(21)6-10/h3-4,6-8,11,22H,1-2,5,9H2/t11-/m0/s1. The van der Waals surface area contributed by atoms with Crippen LogP contribution in [0.5, 0.6) is 0 Å². The molecule has 0 radical (unpaired) electrons. The fraction of sp³-hybridized carbons (Fsp3) is 0.278. The summed E-state index contributed by atoms with van der Waals surface area (Å²) in [4.78, 5) is 21.1. The van der Waals surface area contributed by atoms with Crippen LogP contribution in [-0.2, 0) is 0 Å². The highest BCUT2D eigenvalue weighted by atomic mass is 19.2. The molecule has 140 valence electrons. The molecule has 1 fully saturated rings. The first-order chi connectivity index (χ1) is 13.0. The number of aromatic nitrogens is 3. The van der Waals surface area contributed by atoms with Crippen LogP contribution in [0.15, 0.2) is 35.0 Å². The molecule has 1 N–H and O–H groups in total. The molecule has 1 aromatic carbocycles. The van der Waals surface area contributed by atoms with Crippen molar-refractivity contribution in [2.75, 3.05) is 13.1 Å². The molecule has 2 aromatic heterocycles. The second-order valence-electron chi connectivity index (χ2n) is 6.41. The molecular formula is C18H15F3N4O2. The Morgan fingerprint density at radius 2 is 2.07 bits per heavy atom. The van der Waals surface area contributed by atoms with Crippen molar-refractivity contribution in [3.8, 4) is 11.5 Å². The van der Waals surface area contributed by atoms with Gasteiger partial charge in [0.2, 0.25) is 11.7 Å². The summed E-state index contributed by atoms with van der Waals surface area (Å²) in [5, 5.41) is 3.85. The smallest absolute Gasteiger partial charge is 0.253 e.